The number of halogens is 4. The fourth-order valence-corrected chi connectivity index (χ4v) is 0.856. The van der Waals surface area contributed by atoms with E-state index in [1.807, 2.05) is 0 Å². The lowest BCUT2D eigenvalue weighted by molar-refractivity contribution is -0.587. The second-order valence-corrected chi connectivity index (χ2v) is 2.35. The molecule has 0 aromatic carbocycles. The van der Waals surface area contributed by atoms with Gasteiger partial charge in [0.2, 0.25) is 11.7 Å². The lowest BCUT2D eigenvalue weighted by Crippen LogP contribution is -2.37. The minimum Gasteiger partial charge on any atom is -0.261 e. The number of hydrogen-bond acceptors (Lipinski definition) is 2. The van der Waals surface area contributed by atoms with Gasteiger partial charge >= 0.3 is 5.79 Å². The van der Waals surface area contributed by atoms with Crippen LogP contribution in [-0.2, 0) is 0 Å². The minimum atomic E-state index is -4.18. The Morgan fingerprint density at radius 1 is 1.46 bits per heavy atom. The molecule has 3 nitrogen and oxygen atoms in total. The first-order chi connectivity index (χ1) is 5.90. The van der Waals surface area contributed by atoms with E-state index in [9.17, 15) is 27.7 Å². The predicted molar refractivity (Wildman–Crippen MR) is 33.9 cm³/mol. The molecule has 0 heterocycles. The van der Waals surface area contributed by atoms with Gasteiger partial charge in [0.25, 0.3) is 0 Å². The van der Waals surface area contributed by atoms with Gasteiger partial charge in [-0.05, 0) is 6.08 Å². The van der Waals surface area contributed by atoms with Crippen LogP contribution in [0.4, 0.5) is 17.6 Å². The second-order valence-electron chi connectivity index (χ2n) is 2.35. The van der Waals surface area contributed by atoms with E-state index < -0.39 is 34.6 Å². The fraction of sp³-hybridized carbons (Fsp3) is 0.333. The quantitative estimate of drug-likeness (QED) is 0.280. The van der Waals surface area contributed by atoms with Gasteiger partial charge in [-0.2, -0.15) is 8.78 Å². The maximum Gasteiger partial charge on any atom is 0.464 e. The molecule has 0 aliphatic heterocycles. The number of hydrogen-bond donors (Lipinski definition) is 0. The lowest BCUT2D eigenvalue weighted by Gasteiger charge is -2.16. The first-order valence-corrected chi connectivity index (χ1v) is 3.15. The van der Waals surface area contributed by atoms with Crippen LogP contribution in [0.1, 0.15) is 6.42 Å². The maximum absolute atomic E-state index is 12.9. The van der Waals surface area contributed by atoms with Crippen molar-refractivity contribution in [2.45, 2.75) is 12.2 Å². The van der Waals surface area contributed by atoms with Crippen LogP contribution in [0, 0.1) is 10.1 Å². The molecule has 1 rings (SSSR count). The molecule has 1 aliphatic rings. The predicted octanol–water partition coefficient (Wildman–Crippen LogP) is 2.34. The highest BCUT2D eigenvalue weighted by molar-refractivity contribution is 5.28. The summed E-state index contributed by atoms with van der Waals surface area (Å²) in [5.74, 6) is -10.1. The highest BCUT2D eigenvalue weighted by atomic mass is 19.2. The molecule has 13 heavy (non-hydrogen) atoms. The van der Waals surface area contributed by atoms with Crippen molar-refractivity contribution in [3.8, 4) is 0 Å². The van der Waals surface area contributed by atoms with E-state index in [1.54, 1.807) is 0 Å². The third kappa shape index (κ3) is 1.20. The highest BCUT2D eigenvalue weighted by Gasteiger charge is 2.57. The Kier molecular flexibility index (Phi) is 2.10. The third-order valence-corrected chi connectivity index (χ3v) is 1.56. The Bertz CT molecular complexity index is 325. The Morgan fingerprint density at radius 3 is 2.38 bits per heavy atom. The van der Waals surface area contributed by atoms with Crippen LogP contribution < -0.4 is 0 Å². The largest absolute Gasteiger partial charge is 0.464 e. The molecule has 72 valence electrons. The molecule has 0 N–H and O–H groups in total. The first kappa shape index (κ1) is 9.69. The summed E-state index contributed by atoms with van der Waals surface area (Å²) in [4.78, 5) is 8.10. The molecule has 0 saturated carbocycles. The summed E-state index contributed by atoms with van der Waals surface area (Å²) in [6.45, 7) is 0. The maximum atomic E-state index is 12.9. The molecule has 1 unspecified atom stereocenters. The molecule has 0 fully saturated rings. The molecule has 0 radical (unpaired) electrons. The van der Waals surface area contributed by atoms with Crippen molar-refractivity contribution in [1.82, 2.24) is 0 Å². The lowest BCUT2D eigenvalue weighted by atomic mass is 10.1. The first-order valence-electron chi connectivity index (χ1n) is 3.15. The zero-order valence-corrected chi connectivity index (χ0v) is 6.06. The Labute approximate surface area is 69.5 Å². The molecule has 0 spiro atoms. The van der Waals surface area contributed by atoms with Gasteiger partial charge in [-0.25, -0.2) is 8.78 Å². The van der Waals surface area contributed by atoms with E-state index in [-0.39, 0.29) is 0 Å². The van der Waals surface area contributed by atoms with Gasteiger partial charge in [-0.15, -0.1) is 0 Å². The van der Waals surface area contributed by atoms with E-state index in [1.165, 1.54) is 0 Å². The average Bonchev–Trinajstić information content (AvgIpc) is 2.08. The van der Waals surface area contributed by atoms with Crippen LogP contribution in [0.3, 0.4) is 0 Å². The van der Waals surface area contributed by atoms with Crippen LogP contribution in [-0.4, -0.2) is 10.7 Å². The monoisotopic (exact) mass is 197 g/mol. The molecular formula is C6H3F4NO2. The Balaban J connectivity index is 3.26. The summed E-state index contributed by atoms with van der Waals surface area (Å²) in [6, 6.07) is 0. The highest BCUT2D eigenvalue weighted by Crippen LogP contribution is 2.39. The van der Waals surface area contributed by atoms with Gasteiger partial charge in [0.15, 0.2) is 0 Å². The summed E-state index contributed by atoms with van der Waals surface area (Å²) < 4.78 is 50.3. The molecule has 0 saturated heterocycles. The van der Waals surface area contributed by atoms with Crippen LogP contribution in [0.25, 0.3) is 0 Å². The minimum absolute atomic E-state index is 0.293. The Hall–Kier alpha value is -1.40. The summed E-state index contributed by atoms with van der Waals surface area (Å²) in [5, 5.41) is 9.95. The van der Waals surface area contributed by atoms with E-state index in [0.29, 0.717) is 6.08 Å². The van der Waals surface area contributed by atoms with Crippen LogP contribution in [0.5, 0.6) is 0 Å². The average molecular weight is 197 g/mol. The number of alkyl halides is 1. The van der Waals surface area contributed by atoms with Crippen LogP contribution >= 0.6 is 0 Å². The van der Waals surface area contributed by atoms with Gasteiger partial charge in [-0.3, -0.25) is 10.1 Å². The molecule has 0 bridgehead atoms. The molecule has 1 aliphatic carbocycles. The van der Waals surface area contributed by atoms with Gasteiger partial charge in [0, 0.05) is 6.42 Å². The van der Waals surface area contributed by atoms with Crippen molar-refractivity contribution in [3.63, 3.8) is 0 Å². The Morgan fingerprint density at radius 2 is 2.00 bits per heavy atom. The van der Waals surface area contributed by atoms with Crippen molar-refractivity contribution in [3.05, 3.63) is 33.7 Å². The summed E-state index contributed by atoms with van der Waals surface area (Å²) >= 11 is 0. The summed E-state index contributed by atoms with van der Waals surface area (Å²) in [5.41, 5.74) is 0. The molecule has 7 heteroatoms. The summed E-state index contributed by atoms with van der Waals surface area (Å²) in [7, 11) is 0. The molecule has 0 aromatic rings. The second kappa shape index (κ2) is 2.82. The fourth-order valence-electron chi connectivity index (χ4n) is 0.856. The van der Waals surface area contributed by atoms with Gasteiger partial charge in [0.1, 0.15) is 5.83 Å². The molecular weight excluding hydrogens is 194 g/mol. The molecule has 0 aromatic heterocycles. The zero-order valence-electron chi connectivity index (χ0n) is 6.06. The van der Waals surface area contributed by atoms with Crippen molar-refractivity contribution in [1.29, 1.82) is 0 Å². The van der Waals surface area contributed by atoms with E-state index in [4.69, 9.17) is 0 Å². The topological polar surface area (TPSA) is 43.1 Å². The number of nitrogens with zero attached hydrogens (tertiary/aromatic N) is 1. The van der Waals surface area contributed by atoms with Gasteiger partial charge in [-0.1, -0.05) is 0 Å². The normalized spacial score (nSPS) is 28.8. The zero-order chi connectivity index (χ0) is 10.2. The van der Waals surface area contributed by atoms with Crippen LogP contribution in [0.15, 0.2) is 23.6 Å². The third-order valence-electron chi connectivity index (χ3n) is 1.56. The van der Waals surface area contributed by atoms with E-state index >= 15 is 0 Å². The van der Waals surface area contributed by atoms with Crippen molar-refractivity contribution >= 4 is 0 Å². The molecule has 0 amide bonds. The van der Waals surface area contributed by atoms with E-state index in [0.717, 1.165) is 0 Å². The van der Waals surface area contributed by atoms with E-state index in [2.05, 4.69) is 0 Å². The number of allylic oxidation sites excluding steroid dienone is 2. The van der Waals surface area contributed by atoms with Crippen LogP contribution in [0.2, 0.25) is 0 Å². The van der Waals surface area contributed by atoms with Crippen molar-refractivity contribution in [2.24, 2.45) is 0 Å². The standard InChI is InChI=1S/C6H3F4NO2/c7-3-1-2-4(8)6(10,5(3)9)11(12)13/h2H,1H2. The molecule has 1 atom stereocenters. The van der Waals surface area contributed by atoms with Gasteiger partial charge in [0.05, 0.1) is 4.92 Å². The SMILES string of the molecule is O=[N+]([O-])C1(F)C(F)=CCC(F)=C1F. The van der Waals surface area contributed by atoms with Gasteiger partial charge < -0.3 is 0 Å². The van der Waals surface area contributed by atoms with Crippen molar-refractivity contribution < 1.29 is 22.5 Å². The smallest absolute Gasteiger partial charge is 0.261 e. The number of nitro groups is 1. The van der Waals surface area contributed by atoms with Crippen molar-refractivity contribution in [2.75, 3.05) is 0 Å². The summed E-state index contributed by atoms with van der Waals surface area (Å²) in [6.07, 6.45) is -0.515. The number of rotatable bonds is 1.